The third kappa shape index (κ3) is 3.26. The minimum atomic E-state index is -0.275. The first-order chi connectivity index (χ1) is 18.7. The molecule has 192 valence electrons. The molecule has 0 fully saturated rings. The largest absolute Gasteiger partial charge is 0.268 e. The Kier molecular flexibility index (Phi) is 5.46. The number of carbonyl (C=O) groups excluding carboxylic acids is 2. The van der Waals surface area contributed by atoms with E-state index in [4.69, 9.17) is 0 Å². The summed E-state index contributed by atoms with van der Waals surface area (Å²) < 4.78 is 1.85. The van der Waals surface area contributed by atoms with Crippen LogP contribution in [0.25, 0.3) is 43.1 Å². The lowest BCUT2D eigenvalue weighted by Gasteiger charge is -2.33. The first kappa shape index (κ1) is 24.7. The van der Waals surface area contributed by atoms with Crippen molar-refractivity contribution in [3.05, 3.63) is 97.9 Å². The van der Waals surface area contributed by atoms with E-state index in [-0.39, 0.29) is 23.7 Å². The average molecular weight is 639 g/mol. The van der Waals surface area contributed by atoms with E-state index in [9.17, 15) is 9.59 Å². The Morgan fingerprint density at radius 2 is 1.21 bits per heavy atom. The lowest BCUT2D eigenvalue weighted by Crippen LogP contribution is -2.41. The highest BCUT2D eigenvalue weighted by Gasteiger charge is 2.38. The quantitative estimate of drug-likeness (QED) is 0.110. The summed E-state index contributed by atoms with van der Waals surface area (Å²) in [4.78, 5) is 30.2. The molecule has 2 amide bonds. The number of hydrogen-bond acceptors (Lipinski definition) is 2. The summed E-state index contributed by atoms with van der Waals surface area (Å²) in [7, 11) is 0. The summed E-state index contributed by atoms with van der Waals surface area (Å²) >= 11 is 7.65. The van der Waals surface area contributed by atoms with Gasteiger partial charge in [-0.15, -0.1) is 0 Å². The molecule has 0 saturated heterocycles. The van der Waals surface area contributed by atoms with Gasteiger partial charge in [0.05, 0.1) is 11.3 Å². The van der Waals surface area contributed by atoms with Gasteiger partial charge in [-0.2, -0.15) is 0 Å². The Morgan fingerprint density at radius 1 is 0.590 bits per heavy atom. The van der Waals surface area contributed by atoms with E-state index in [0.717, 1.165) is 63.5 Å². The van der Waals surface area contributed by atoms with Gasteiger partial charge in [0.15, 0.2) is 0 Å². The SMILES string of the molecule is CC(C)c1cccc(C(C)C)c1N1C(=O)c2ccc3c4c(Br)ccc5cccc(c6c(Br)cc(c2c36)C1=O)c54. The molecule has 0 spiro atoms. The molecule has 1 heterocycles. The molecule has 6 aromatic carbocycles. The Hall–Kier alpha value is -3.28. The topological polar surface area (TPSA) is 37.4 Å². The number of imide groups is 1. The molecule has 7 rings (SSSR count). The number of nitrogens with zero attached hydrogens (tertiary/aromatic N) is 1. The Bertz CT molecular complexity index is 2010. The van der Waals surface area contributed by atoms with Crippen LogP contribution in [0.15, 0.2) is 75.7 Å². The van der Waals surface area contributed by atoms with Crippen molar-refractivity contribution in [3.8, 4) is 0 Å². The van der Waals surface area contributed by atoms with Gasteiger partial charge in [0.2, 0.25) is 0 Å². The fourth-order valence-electron chi connectivity index (χ4n) is 6.48. The van der Waals surface area contributed by atoms with E-state index < -0.39 is 0 Å². The second-order valence-electron chi connectivity index (χ2n) is 11.1. The van der Waals surface area contributed by atoms with Crippen LogP contribution < -0.4 is 4.90 Å². The van der Waals surface area contributed by atoms with Crippen molar-refractivity contribution in [3.63, 3.8) is 0 Å². The van der Waals surface area contributed by atoms with E-state index in [1.54, 1.807) is 0 Å². The number of carbonyl (C=O) groups is 2. The zero-order chi connectivity index (χ0) is 27.3. The molecule has 0 aliphatic carbocycles. The first-order valence-corrected chi connectivity index (χ1v) is 14.8. The van der Waals surface area contributed by atoms with Crippen molar-refractivity contribution in [2.24, 2.45) is 0 Å². The minimum absolute atomic E-state index is 0.150. The van der Waals surface area contributed by atoms with Gasteiger partial charge in [-0.05, 0) is 62.7 Å². The van der Waals surface area contributed by atoms with E-state index in [2.05, 4.69) is 96.0 Å². The van der Waals surface area contributed by atoms with Crippen LogP contribution in [0.5, 0.6) is 0 Å². The number of anilines is 1. The summed E-state index contributed by atoms with van der Waals surface area (Å²) in [6, 6.07) is 22.5. The molecule has 1 aliphatic rings. The Morgan fingerprint density at radius 3 is 1.90 bits per heavy atom. The molecule has 0 radical (unpaired) electrons. The van der Waals surface area contributed by atoms with Crippen molar-refractivity contribution in [1.29, 1.82) is 0 Å². The number of para-hydroxylation sites is 1. The maximum atomic E-state index is 14.4. The Balaban J connectivity index is 1.63. The highest BCUT2D eigenvalue weighted by molar-refractivity contribution is 9.11. The van der Waals surface area contributed by atoms with Crippen molar-refractivity contribution >= 4 is 92.5 Å². The molecule has 1 aliphatic heterocycles. The van der Waals surface area contributed by atoms with Crippen molar-refractivity contribution < 1.29 is 9.59 Å². The third-order valence-corrected chi connectivity index (χ3v) is 9.49. The molecule has 3 nitrogen and oxygen atoms in total. The summed E-state index contributed by atoms with van der Waals surface area (Å²) in [6.07, 6.45) is 0. The molecule has 0 unspecified atom stereocenters. The predicted octanol–water partition coefficient (Wildman–Crippen LogP) is 10.3. The first-order valence-electron chi connectivity index (χ1n) is 13.2. The van der Waals surface area contributed by atoms with Crippen LogP contribution in [0.2, 0.25) is 0 Å². The van der Waals surface area contributed by atoms with Gasteiger partial charge in [-0.1, -0.05) is 108 Å². The molecule has 5 heteroatoms. The zero-order valence-corrected chi connectivity index (χ0v) is 25.2. The zero-order valence-electron chi connectivity index (χ0n) is 22.0. The van der Waals surface area contributed by atoms with Crippen molar-refractivity contribution in [2.75, 3.05) is 4.90 Å². The number of benzene rings is 6. The van der Waals surface area contributed by atoms with E-state index >= 15 is 0 Å². The van der Waals surface area contributed by atoms with Gasteiger partial charge in [0, 0.05) is 36.1 Å². The van der Waals surface area contributed by atoms with Gasteiger partial charge in [0.25, 0.3) is 11.8 Å². The number of amides is 2. The summed E-state index contributed by atoms with van der Waals surface area (Å²) in [5.41, 5.74) is 3.84. The van der Waals surface area contributed by atoms with Crippen molar-refractivity contribution in [2.45, 2.75) is 39.5 Å². The standard InChI is InChI=1S/C34H25Br2NO2/c1-16(2)19-8-6-9-20(17(3)4)32(19)37-33(38)23-13-12-22-29-25(35)14-11-18-7-5-10-21(27(18)29)30-26(36)15-24(34(37)39)28(23)31(22)30/h5-17H,1-4H3. The van der Waals surface area contributed by atoms with Crippen LogP contribution >= 0.6 is 31.9 Å². The normalized spacial score (nSPS) is 13.9. The van der Waals surface area contributed by atoms with E-state index in [1.807, 2.05) is 30.3 Å². The number of hydrogen-bond donors (Lipinski definition) is 0. The highest BCUT2D eigenvalue weighted by atomic mass is 79.9. The lowest BCUT2D eigenvalue weighted by molar-refractivity contribution is 0.0893. The van der Waals surface area contributed by atoms with Crippen LogP contribution in [0.1, 0.15) is 71.4 Å². The lowest BCUT2D eigenvalue weighted by atomic mass is 9.84. The summed E-state index contributed by atoms with van der Waals surface area (Å²) in [5, 5.41) is 8.27. The number of fused-ring (bicyclic) bond motifs is 2. The highest BCUT2D eigenvalue weighted by Crippen LogP contribution is 2.49. The second-order valence-corrected chi connectivity index (χ2v) is 12.8. The van der Waals surface area contributed by atoms with Gasteiger partial charge < -0.3 is 0 Å². The van der Waals surface area contributed by atoms with Crippen LogP contribution in [-0.4, -0.2) is 11.8 Å². The second kappa shape index (κ2) is 8.61. The minimum Gasteiger partial charge on any atom is -0.268 e. The monoisotopic (exact) mass is 637 g/mol. The van der Waals surface area contributed by atoms with Gasteiger partial charge >= 0.3 is 0 Å². The molecule has 0 aromatic heterocycles. The summed E-state index contributed by atoms with van der Waals surface area (Å²) in [5.74, 6) is -0.240. The molecule has 0 saturated carbocycles. The number of halogens is 2. The molecule has 6 aromatic rings. The van der Waals surface area contributed by atoms with E-state index in [1.165, 1.54) is 10.3 Å². The predicted molar refractivity (Wildman–Crippen MR) is 169 cm³/mol. The van der Waals surface area contributed by atoms with Crippen LogP contribution in [0.4, 0.5) is 5.69 Å². The van der Waals surface area contributed by atoms with Crippen LogP contribution in [-0.2, 0) is 0 Å². The maximum absolute atomic E-state index is 14.4. The van der Waals surface area contributed by atoms with Crippen LogP contribution in [0.3, 0.4) is 0 Å². The Labute approximate surface area is 243 Å². The van der Waals surface area contributed by atoms with Gasteiger partial charge in [-0.3, -0.25) is 9.59 Å². The molecule has 0 bridgehead atoms. The number of rotatable bonds is 3. The average Bonchev–Trinajstić information content (AvgIpc) is 2.91. The molecular weight excluding hydrogens is 614 g/mol. The fourth-order valence-corrected chi connectivity index (χ4v) is 7.67. The molecule has 39 heavy (non-hydrogen) atoms. The maximum Gasteiger partial charge on any atom is 0.266 e. The van der Waals surface area contributed by atoms with Gasteiger partial charge in [-0.25, -0.2) is 4.90 Å². The molecule has 0 N–H and O–H groups in total. The molecular formula is C34H25Br2NO2. The van der Waals surface area contributed by atoms with Crippen LogP contribution in [0, 0.1) is 0 Å². The molecule has 0 atom stereocenters. The summed E-state index contributed by atoms with van der Waals surface area (Å²) in [6.45, 7) is 8.42. The van der Waals surface area contributed by atoms with Gasteiger partial charge in [0.1, 0.15) is 0 Å². The fraction of sp³-hybridized carbons (Fsp3) is 0.176. The van der Waals surface area contributed by atoms with Crippen molar-refractivity contribution in [1.82, 2.24) is 0 Å². The third-order valence-electron chi connectivity index (χ3n) is 8.20. The van der Waals surface area contributed by atoms with E-state index in [0.29, 0.717) is 11.1 Å². The smallest absolute Gasteiger partial charge is 0.266 e.